The van der Waals surface area contributed by atoms with Crippen LogP contribution in [0.15, 0.2) is 29.1 Å². The van der Waals surface area contributed by atoms with Gasteiger partial charge in [-0.15, -0.1) is 0 Å². The summed E-state index contributed by atoms with van der Waals surface area (Å²) >= 11 is 0. The van der Waals surface area contributed by atoms with E-state index in [0.717, 1.165) is 0 Å². The zero-order chi connectivity index (χ0) is 21.2. The van der Waals surface area contributed by atoms with E-state index in [1.165, 1.54) is 4.57 Å². The van der Waals surface area contributed by atoms with E-state index in [1.54, 1.807) is 38.3 Å². The molecule has 2 aromatic heterocycles. The molecule has 150 valence electrons. The molecular formula is C22H17N3O5. The Kier molecular flexibility index (Phi) is 3.76. The number of aliphatic hydroxyl groups is 1. The van der Waals surface area contributed by atoms with Crippen molar-refractivity contribution in [3.8, 4) is 23.2 Å². The minimum Gasteiger partial charge on any atom is -0.497 e. The fourth-order valence-corrected chi connectivity index (χ4v) is 4.31. The first-order chi connectivity index (χ1) is 14.4. The third kappa shape index (κ3) is 2.21. The summed E-state index contributed by atoms with van der Waals surface area (Å²) in [6.45, 7) is 1.64. The van der Waals surface area contributed by atoms with E-state index in [1.807, 2.05) is 0 Å². The summed E-state index contributed by atoms with van der Waals surface area (Å²) in [5.74, 6) is -0.163. The molecule has 1 atom stereocenters. The second-order valence-electron chi connectivity index (χ2n) is 7.41. The predicted molar refractivity (Wildman–Crippen MR) is 106 cm³/mol. The molecule has 2 aliphatic rings. The molecule has 0 saturated carbocycles. The van der Waals surface area contributed by atoms with Crippen LogP contribution in [0.3, 0.4) is 0 Å². The Morgan fingerprint density at radius 2 is 2.13 bits per heavy atom. The van der Waals surface area contributed by atoms with E-state index in [9.17, 15) is 20.0 Å². The number of rotatable bonds is 2. The van der Waals surface area contributed by atoms with Gasteiger partial charge in [0.15, 0.2) is 5.60 Å². The lowest BCUT2D eigenvalue weighted by atomic mass is 9.86. The fourth-order valence-electron chi connectivity index (χ4n) is 4.31. The van der Waals surface area contributed by atoms with Gasteiger partial charge in [0.25, 0.3) is 5.56 Å². The zero-order valence-electron chi connectivity index (χ0n) is 16.4. The molecule has 1 N–H and O–H groups in total. The number of nitriles is 1. The van der Waals surface area contributed by atoms with Gasteiger partial charge < -0.3 is 19.1 Å². The van der Waals surface area contributed by atoms with Crippen LogP contribution in [0.1, 0.15) is 35.6 Å². The highest BCUT2D eigenvalue weighted by atomic mass is 16.6. The quantitative estimate of drug-likeness (QED) is 0.509. The summed E-state index contributed by atoms with van der Waals surface area (Å²) in [4.78, 5) is 30.2. The highest BCUT2D eigenvalue weighted by Crippen LogP contribution is 2.40. The number of ether oxygens (including phenoxy) is 2. The zero-order valence-corrected chi connectivity index (χ0v) is 16.4. The monoisotopic (exact) mass is 403 g/mol. The van der Waals surface area contributed by atoms with Gasteiger partial charge in [0, 0.05) is 16.5 Å². The van der Waals surface area contributed by atoms with Crippen LogP contribution in [0.4, 0.5) is 0 Å². The first kappa shape index (κ1) is 18.3. The van der Waals surface area contributed by atoms with Crippen molar-refractivity contribution in [1.29, 1.82) is 5.26 Å². The van der Waals surface area contributed by atoms with E-state index in [-0.39, 0.29) is 36.3 Å². The molecule has 2 aliphatic heterocycles. The summed E-state index contributed by atoms with van der Waals surface area (Å²) in [6.07, 6.45) is 0.0724. The first-order valence-electron chi connectivity index (χ1n) is 9.50. The normalized spacial score (nSPS) is 18.9. The van der Waals surface area contributed by atoms with Crippen LogP contribution in [-0.2, 0) is 28.3 Å². The molecule has 0 amide bonds. The number of fused-ring (bicyclic) bond motifs is 5. The van der Waals surface area contributed by atoms with Crippen LogP contribution in [-0.4, -0.2) is 27.7 Å². The molecule has 0 fully saturated rings. The molecule has 1 unspecified atom stereocenters. The maximum atomic E-state index is 13.2. The Bertz CT molecular complexity index is 1370. The van der Waals surface area contributed by atoms with E-state index >= 15 is 0 Å². The number of methoxy groups -OCH3 is 1. The van der Waals surface area contributed by atoms with Crippen molar-refractivity contribution in [2.75, 3.05) is 7.11 Å². The van der Waals surface area contributed by atoms with Crippen LogP contribution in [0.2, 0.25) is 0 Å². The largest absolute Gasteiger partial charge is 0.497 e. The Labute approximate surface area is 170 Å². The van der Waals surface area contributed by atoms with Gasteiger partial charge in [-0.3, -0.25) is 4.79 Å². The molecule has 5 rings (SSSR count). The highest BCUT2D eigenvalue weighted by Gasteiger charge is 2.45. The highest BCUT2D eigenvalue weighted by molar-refractivity contribution is 5.91. The molecule has 1 aromatic carbocycles. The van der Waals surface area contributed by atoms with E-state index in [4.69, 9.17) is 14.5 Å². The molecule has 30 heavy (non-hydrogen) atoms. The molecule has 0 radical (unpaired) electrons. The van der Waals surface area contributed by atoms with Crippen LogP contribution in [0, 0.1) is 11.3 Å². The number of carbonyl (C=O) groups is 1. The summed E-state index contributed by atoms with van der Waals surface area (Å²) < 4.78 is 11.9. The lowest BCUT2D eigenvalue weighted by molar-refractivity contribution is -0.172. The summed E-state index contributed by atoms with van der Waals surface area (Å²) in [7, 11) is 1.55. The van der Waals surface area contributed by atoms with Gasteiger partial charge in [-0.1, -0.05) is 6.92 Å². The van der Waals surface area contributed by atoms with Gasteiger partial charge in [0.1, 0.15) is 18.4 Å². The van der Waals surface area contributed by atoms with Gasteiger partial charge in [-0.25, -0.2) is 9.78 Å². The predicted octanol–water partition coefficient (Wildman–Crippen LogP) is 1.96. The molecule has 8 nitrogen and oxygen atoms in total. The van der Waals surface area contributed by atoms with E-state index < -0.39 is 11.6 Å². The average Bonchev–Trinajstić information content (AvgIpc) is 3.13. The molecule has 4 heterocycles. The van der Waals surface area contributed by atoms with Crippen molar-refractivity contribution in [2.24, 2.45) is 0 Å². The van der Waals surface area contributed by atoms with Gasteiger partial charge in [0.05, 0.1) is 41.7 Å². The topological polar surface area (TPSA) is 114 Å². The Morgan fingerprint density at radius 1 is 1.33 bits per heavy atom. The number of nitrogens with zero attached hydrogens (tertiary/aromatic N) is 3. The summed E-state index contributed by atoms with van der Waals surface area (Å²) in [5, 5.41) is 21.4. The van der Waals surface area contributed by atoms with Gasteiger partial charge in [-0.05, 0) is 30.7 Å². The first-order valence-corrected chi connectivity index (χ1v) is 9.50. The molecule has 0 bridgehead atoms. The second kappa shape index (κ2) is 6.15. The standard InChI is InChI=1S/C22H17N3O5/c1-3-22(28)16-7-18-19-14(9-25(18)20(26)15(16)10-30-21(22)27)13(8-23)12-6-11(29-2)4-5-17(12)24-19/h4-7,28H,3,9-10H2,1-2H3. The smallest absolute Gasteiger partial charge is 0.343 e. The fraction of sp³-hybridized carbons (Fsp3) is 0.273. The van der Waals surface area contributed by atoms with Crippen molar-refractivity contribution in [3.05, 3.63) is 56.9 Å². The lowest BCUT2D eigenvalue weighted by Gasteiger charge is -2.31. The van der Waals surface area contributed by atoms with Crippen LogP contribution in [0.25, 0.3) is 22.3 Å². The number of carbonyl (C=O) groups excluding carboxylic acids is 1. The number of aromatic nitrogens is 2. The van der Waals surface area contributed by atoms with Gasteiger partial charge >= 0.3 is 5.97 Å². The SMILES string of the molecule is CCC1(O)C(=O)OCc2c1cc1n(c2=O)Cc2c-1nc1ccc(OC)cc1c2C#N. The number of hydrogen-bond acceptors (Lipinski definition) is 7. The van der Waals surface area contributed by atoms with Gasteiger partial charge in [0.2, 0.25) is 0 Å². The number of hydrogen-bond donors (Lipinski definition) is 1. The van der Waals surface area contributed by atoms with Crippen molar-refractivity contribution >= 4 is 16.9 Å². The number of pyridine rings is 2. The molecule has 0 saturated heterocycles. The maximum absolute atomic E-state index is 13.2. The third-order valence-corrected chi connectivity index (χ3v) is 6.01. The van der Waals surface area contributed by atoms with Crippen LogP contribution < -0.4 is 10.3 Å². The van der Waals surface area contributed by atoms with Crippen LogP contribution >= 0.6 is 0 Å². The van der Waals surface area contributed by atoms with Crippen molar-refractivity contribution in [1.82, 2.24) is 9.55 Å². The molecular weight excluding hydrogens is 386 g/mol. The Hall–Kier alpha value is -3.70. The molecule has 8 heteroatoms. The van der Waals surface area contributed by atoms with Crippen LogP contribution in [0.5, 0.6) is 5.75 Å². The maximum Gasteiger partial charge on any atom is 0.343 e. The summed E-state index contributed by atoms with van der Waals surface area (Å²) in [5.41, 5.74) is 0.887. The van der Waals surface area contributed by atoms with Gasteiger partial charge in [-0.2, -0.15) is 5.26 Å². The molecule has 0 aliphatic carbocycles. The molecule has 3 aromatic rings. The number of cyclic esters (lactones) is 1. The number of esters is 1. The second-order valence-corrected chi connectivity index (χ2v) is 7.41. The number of benzene rings is 1. The van der Waals surface area contributed by atoms with Crippen molar-refractivity contribution in [2.45, 2.75) is 32.1 Å². The lowest BCUT2D eigenvalue weighted by Crippen LogP contribution is -2.44. The Morgan fingerprint density at radius 3 is 2.83 bits per heavy atom. The van der Waals surface area contributed by atoms with E-state index in [2.05, 4.69) is 6.07 Å². The Balaban J connectivity index is 1.83. The summed E-state index contributed by atoms with van der Waals surface area (Å²) in [6, 6.07) is 9.14. The minimum atomic E-state index is -1.88. The third-order valence-electron chi connectivity index (χ3n) is 6.01. The van der Waals surface area contributed by atoms with Crippen molar-refractivity contribution < 1.29 is 19.4 Å². The molecule has 0 spiro atoms. The van der Waals surface area contributed by atoms with Crippen molar-refractivity contribution in [3.63, 3.8) is 0 Å². The minimum absolute atomic E-state index is 0.0724. The average molecular weight is 403 g/mol. The van der Waals surface area contributed by atoms with E-state index in [0.29, 0.717) is 39.2 Å².